The van der Waals surface area contributed by atoms with E-state index in [1.807, 2.05) is 37.3 Å². The molecule has 0 aromatic heterocycles. The van der Waals surface area contributed by atoms with Gasteiger partial charge in [-0.1, -0.05) is 42.0 Å². The Kier molecular flexibility index (Phi) is 5.90. The fourth-order valence-electron chi connectivity index (χ4n) is 3.53. The van der Waals surface area contributed by atoms with Crippen LogP contribution in [0.1, 0.15) is 57.1 Å². The topological polar surface area (TPSA) is 58.2 Å². The number of nitrogens with one attached hydrogen (secondary N) is 2. The van der Waals surface area contributed by atoms with E-state index >= 15 is 0 Å². The summed E-state index contributed by atoms with van der Waals surface area (Å²) in [5.41, 5.74) is 2.55. The summed E-state index contributed by atoms with van der Waals surface area (Å²) in [6.07, 6.45) is 8.83. The van der Waals surface area contributed by atoms with E-state index in [9.17, 15) is 9.59 Å². The molecular weight excluding hydrogens is 312 g/mol. The Hall–Kier alpha value is -2.10. The highest BCUT2D eigenvalue weighted by molar-refractivity contribution is 5.92. The average Bonchev–Trinajstić information content (AvgIpc) is 3.44. The normalized spacial score (nSPS) is 23.3. The second-order valence-electron chi connectivity index (χ2n) is 7.24. The lowest BCUT2D eigenvalue weighted by molar-refractivity contribution is -0.127. The summed E-state index contributed by atoms with van der Waals surface area (Å²) in [5.74, 6) is -0.293. The molecule has 1 aromatic rings. The van der Waals surface area contributed by atoms with Crippen molar-refractivity contribution in [1.82, 2.24) is 10.6 Å². The molecule has 2 aliphatic rings. The van der Waals surface area contributed by atoms with Crippen LogP contribution in [0.3, 0.4) is 0 Å². The first-order chi connectivity index (χ1) is 12.1. The van der Waals surface area contributed by atoms with Gasteiger partial charge in [-0.05, 0) is 51.0 Å². The van der Waals surface area contributed by atoms with Crippen LogP contribution in [0.5, 0.6) is 0 Å². The first kappa shape index (κ1) is 17.7. The Labute approximate surface area is 150 Å². The van der Waals surface area contributed by atoms with E-state index in [0.29, 0.717) is 13.0 Å². The van der Waals surface area contributed by atoms with Gasteiger partial charge in [0, 0.05) is 6.54 Å². The van der Waals surface area contributed by atoms with Gasteiger partial charge in [0.25, 0.3) is 0 Å². The van der Waals surface area contributed by atoms with Gasteiger partial charge in [0.05, 0.1) is 17.9 Å². The molecule has 2 aliphatic carbocycles. The van der Waals surface area contributed by atoms with Gasteiger partial charge in [0.2, 0.25) is 11.8 Å². The second kappa shape index (κ2) is 8.32. The summed E-state index contributed by atoms with van der Waals surface area (Å²) in [6.45, 7) is 2.67. The van der Waals surface area contributed by atoms with Crippen LogP contribution in [0.2, 0.25) is 0 Å². The minimum Gasteiger partial charge on any atom is -0.356 e. The van der Waals surface area contributed by atoms with Crippen LogP contribution in [0.4, 0.5) is 0 Å². The van der Waals surface area contributed by atoms with Gasteiger partial charge in [-0.2, -0.15) is 0 Å². The summed E-state index contributed by atoms with van der Waals surface area (Å²) < 4.78 is 0. The van der Waals surface area contributed by atoms with E-state index in [-0.39, 0.29) is 29.7 Å². The van der Waals surface area contributed by atoms with Crippen molar-refractivity contribution in [3.05, 3.63) is 47.5 Å². The molecule has 1 saturated carbocycles. The average molecular weight is 340 g/mol. The minimum absolute atomic E-state index is 0.00788. The zero-order chi connectivity index (χ0) is 17.6. The van der Waals surface area contributed by atoms with Gasteiger partial charge in [-0.25, -0.2) is 0 Å². The molecule has 0 aliphatic heterocycles. The monoisotopic (exact) mass is 340 g/mol. The summed E-state index contributed by atoms with van der Waals surface area (Å²) >= 11 is 0. The molecule has 2 amide bonds. The summed E-state index contributed by atoms with van der Waals surface area (Å²) in [6, 6.07) is 9.86. The predicted molar refractivity (Wildman–Crippen MR) is 98.8 cm³/mol. The molecule has 0 radical (unpaired) electrons. The molecule has 2 N–H and O–H groups in total. The number of rotatable bonds is 7. The first-order valence-electron chi connectivity index (χ1n) is 9.46. The Morgan fingerprint density at radius 3 is 2.60 bits per heavy atom. The Bertz CT molecular complexity index is 639. The third-order valence-electron chi connectivity index (χ3n) is 5.25. The summed E-state index contributed by atoms with van der Waals surface area (Å²) in [7, 11) is 0. The zero-order valence-corrected chi connectivity index (χ0v) is 15.0. The lowest BCUT2D eigenvalue weighted by atomic mass is 9.97. The Morgan fingerprint density at radius 1 is 1.12 bits per heavy atom. The SMILES string of the molecule is CC(NC(=O)C1CC1C(=O)NCCC1=CCCCC1)c1ccccc1. The van der Waals surface area contributed by atoms with Gasteiger partial charge in [0.1, 0.15) is 0 Å². The van der Waals surface area contributed by atoms with Gasteiger partial charge in [-0.3, -0.25) is 9.59 Å². The van der Waals surface area contributed by atoms with Crippen molar-refractivity contribution in [2.24, 2.45) is 11.8 Å². The molecule has 0 spiro atoms. The van der Waals surface area contributed by atoms with E-state index in [0.717, 1.165) is 12.0 Å². The van der Waals surface area contributed by atoms with Gasteiger partial charge in [0.15, 0.2) is 0 Å². The molecule has 134 valence electrons. The Morgan fingerprint density at radius 2 is 1.88 bits per heavy atom. The number of carbonyl (C=O) groups is 2. The van der Waals surface area contributed by atoms with Gasteiger partial charge < -0.3 is 10.6 Å². The lowest BCUT2D eigenvalue weighted by Crippen LogP contribution is -2.32. The molecule has 1 aromatic carbocycles. The molecule has 25 heavy (non-hydrogen) atoms. The molecule has 4 nitrogen and oxygen atoms in total. The van der Waals surface area contributed by atoms with E-state index in [1.165, 1.54) is 31.3 Å². The highest BCUT2D eigenvalue weighted by Gasteiger charge is 2.48. The number of benzene rings is 1. The zero-order valence-electron chi connectivity index (χ0n) is 15.0. The first-order valence-corrected chi connectivity index (χ1v) is 9.46. The fourth-order valence-corrected chi connectivity index (χ4v) is 3.53. The third-order valence-corrected chi connectivity index (χ3v) is 5.25. The quantitative estimate of drug-likeness (QED) is 0.746. The van der Waals surface area contributed by atoms with Crippen LogP contribution < -0.4 is 10.6 Å². The smallest absolute Gasteiger partial charge is 0.224 e. The maximum absolute atomic E-state index is 12.3. The van der Waals surface area contributed by atoms with Crippen LogP contribution in [0.15, 0.2) is 42.0 Å². The highest BCUT2D eigenvalue weighted by atomic mass is 16.2. The van der Waals surface area contributed by atoms with Crippen LogP contribution in [-0.2, 0) is 9.59 Å². The molecule has 0 saturated heterocycles. The van der Waals surface area contributed by atoms with Gasteiger partial charge in [-0.15, -0.1) is 0 Å². The molecule has 1 fully saturated rings. The van der Waals surface area contributed by atoms with Crippen molar-refractivity contribution in [2.75, 3.05) is 6.54 Å². The van der Waals surface area contributed by atoms with Crippen molar-refractivity contribution in [2.45, 2.75) is 51.5 Å². The molecule has 0 bridgehead atoms. The number of hydrogen-bond donors (Lipinski definition) is 2. The van der Waals surface area contributed by atoms with Crippen molar-refractivity contribution >= 4 is 11.8 Å². The largest absolute Gasteiger partial charge is 0.356 e. The predicted octanol–water partition coefficient (Wildman–Crippen LogP) is 3.51. The molecule has 4 heteroatoms. The standard InChI is InChI=1S/C21H28N2O2/c1-15(17-10-6-3-7-11-17)23-21(25)19-14-18(19)20(24)22-13-12-16-8-4-2-5-9-16/h3,6-8,10-11,15,18-19H,2,4-5,9,12-14H2,1H3,(H,22,24)(H,23,25). The fraction of sp³-hybridized carbons (Fsp3) is 0.524. The maximum atomic E-state index is 12.3. The molecule has 0 heterocycles. The lowest BCUT2D eigenvalue weighted by Gasteiger charge is -2.14. The number of hydrogen-bond acceptors (Lipinski definition) is 2. The van der Waals surface area contributed by atoms with E-state index in [1.54, 1.807) is 0 Å². The molecular formula is C21H28N2O2. The number of amides is 2. The van der Waals surface area contributed by atoms with Crippen LogP contribution in [0.25, 0.3) is 0 Å². The summed E-state index contributed by atoms with van der Waals surface area (Å²) in [5, 5.41) is 6.02. The minimum atomic E-state index is -0.167. The van der Waals surface area contributed by atoms with Crippen LogP contribution in [-0.4, -0.2) is 18.4 Å². The van der Waals surface area contributed by atoms with Gasteiger partial charge >= 0.3 is 0 Å². The van der Waals surface area contributed by atoms with Crippen molar-refractivity contribution in [3.8, 4) is 0 Å². The third kappa shape index (κ3) is 4.94. The molecule has 3 atom stereocenters. The highest BCUT2D eigenvalue weighted by Crippen LogP contribution is 2.39. The summed E-state index contributed by atoms with van der Waals surface area (Å²) in [4.78, 5) is 24.5. The number of carbonyl (C=O) groups excluding carboxylic acids is 2. The van der Waals surface area contributed by atoms with E-state index < -0.39 is 0 Å². The van der Waals surface area contributed by atoms with Crippen LogP contribution >= 0.6 is 0 Å². The second-order valence-corrected chi connectivity index (χ2v) is 7.24. The van der Waals surface area contributed by atoms with Crippen molar-refractivity contribution < 1.29 is 9.59 Å². The van der Waals surface area contributed by atoms with Crippen molar-refractivity contribution in [1.29, 1.82) is 0 Å². The van der Waals surface area contributed by atoms with Crippen LogP contribution in [0, 0.1) is 11.8 Å². The molecule has 3 rings (SSSR count). The maximum Gasteiger partial charge on any atom is 0.224 e. The Balaban J connectivity index is 1.38. The van der Waals surface area contributed by atoms with E-state index in [2.05, 4.69) is 16.7 Å². The number of allylic oxidation sites excluding steroid dienone is 1. The molecule has 3 unspecified atom stereocenters. The van der Waals surface area contributed by atoms with E-state index in [4.69, 9.17) is 0 Å². The van der Waals surface area contributed by atoms with Crippen molar-refractivity contribution in [3.63, 3.8) is 0 Å².